The molecule has 1 aliphatic rings. The number of rotatable bonds is 5. The molecule has 0 aliphatic carbocycles. The molecule has 1 fully saturated rings. The predicted octanol–water partition coefficient (Wildman–Crippen LogP) is 3.89. The Labute approximate surface area is 206 Å². The van der Waals surface area contributed by atoms with Crippen LogP contribution in [0.2, 0.25) is 0 Å². The topological polar surface area (TPSA) is 137 Å². The van der Waals surface area contributed by atoms with Crippen LogP contribution >= 0.6 is 0 Å². The molecule has 4 heterocycles. The van der Waals surface area contributed by atoms with Gasteiger partial charge in [0.15, 0.2) is 17.3 Å². The lowest BCUT2D eigenvalue weighted by atomic mass is 10.2. The van der Waals surface area contributed by atoms with Crippen molar-refractivity contribution in [2.45, 2.75) is 0 Å². The predicted molar refractivity (Wildman–Crippen MR) is 137 cm³/mol. The Hall–Kier alpha value is -4.77. The Morgan fingerprint density at radius 3 is 2.56 bits per heavy atom. The normalized spacial score (nSPS) is 13.6. The minimum absolute atomic E-state index is 0.386. The smallest absolute Gasteiger partial charge is 0.324 e. The number of amides is 2. The summed E-state index contributed by atoms with van der Waals surface area (Å²) >= 11 is 0. The number of imidazole rings is 1. The summed E-state index contributed by atoms with van der Waals surface area (Å²) in [6.07, 6.45) is 1.53. The SMILES string of the molecule is O=C(Nc1ccc(-c2nc3ncnc(N4CCOCC4)c3[nH]2)cc1)Nc1cc(-c2ccccc2)[nH]n1. The van der Waals surface area contributed by atoms with Gasteiger partial charge in [-0.1, -0.05) is 30.3 Å². The maximum atomic E-state index is 12.5. The number of anilines is 3. The van der Waals surface area contributed by atoms with Gasteiger partial charge >= 0.3 is 6.03 Å². The number of benzene rings is 2. The highest BCUT2D eigenvalue weighted by atomic mass is 16.5. The second-order valence-electron chi connectivity index (χ2n) is 8.27. The van der Waals surface area contributed by atoms with Gasteiger partial charge < -0.3 is 19.9 Å². The first-order chi connectivity index (χ1) is 17.7. The molecule has 2 aromatic carbocycles. The van der Waals surface area contributed by atoms with E-state index in [-0.39, 0.29) is 6.03 Å². The van der Waals surface area contributed by atoms with E-state index < -0.39 is 0 Å². The number of H-pyrrole nitrogens is 2. The molecule has 4 N–H and O–H groups in total. The second-order valence-corrected chi connectivity index (χ2v) is 8.27. The second kappa shape index (κ2) is 9.47. The quantitative estimate of drug-likeness (QED) is 0.299. The molecule has 2 amide bonds. The van der Waals surface area contributed by atoms with Crippen LogP contribution < -0.4 is 15.5 Å². The lowest BCUT2D eigenvalue weighted by molar-refractivity contribution is 0.122. The third kappa shape index (κ3) is 4.46. The van der Waals surface area contributed by atoms with E-state index in [0.29, 0.717) is 36.2 Å². The zero-order valence-electron chi connectivity index (χ0n) is 19.2. The number of ether oxygens (including phenoxy) is 1. The van der Waals surface area contributed by atoms with Crippen LogP contribution in [0.25, 0.3) is 33.8 Å². The summed E-state index contributed by atoms with van der Waals surface area (Å²) in [6, 6.07) is 18.6. The molecule has 0 radical (unpaired) electrons. The zero-order chi connectivity index (χ0) is 24.3. The van der Waals surface area contributed by atoms with E-state index in [2.05, 4.69) is 45.7 Å². The molecule has 180 valence electrons. The highest BCUT2D eigenvalue weighted by Crippen LogP contribution is 2.26. The van der Waals surface area contributed by atoms with Crippen molar-refractivity contribution in [1.29, 1.82) is 0 Å². The van der Waals surface area contributed by atoms with Gasteiger partial charge in [-0.05, 0) is 29.8 Å². The lowest BCUT2D eigenvalue weighted by Gasteiger charge is -2.27. The van der Waals surface area contributed by atoms with Crippen LogP contribution in [0.3, 0.4) is 0 Å². The molecule has 0 saturated carbocycles. The molecule has 1 saturated heterocycles. The summed E-state index contributed by atoms with van der Waals surface area (Å²) in [5, 5.41) is 12.7. The van der Waals surface area contributed by atoms with E-state index in [4.69, 9.17) is 4.74 Å². The minimum atomic E-state index is -0.386. The number of nitrogens with one attached hydrogen (secondary N) is 4. The van der Waals surface area contributed by atoms with Crippen molar-refractivity contribution in [3.63, 3.8) is 0 Å². The monoisotopic (exact) mass is 481 g/mol. The van der Waals surface area contributed by atoms with Gasteiger partial charge in [0, 0.05) is 30.4 Å². The lowest BCUT2D eigenvalue weighted by Crippen LogP contribution is -2.36. The highest BCUT2D eigenvalue weighted by molar-refractivity contribution is 5.99. The molecule has 0 unspecified atom stereocenters. The van der Waals surface area contributed by atoms with Gasteiger partial charge in [0.2, 0.25) is 0 Å². The number of hydrogen-bond donors (Lipinski definition) is 4. The van der Waals surface area contributed by atoms with E-state index in [1.54, 1.807) is 6.07 Å². The maximum absolute atomic E-state index is 12.5. The van der Waals surface area contributed by atoms with Crippen molar-refractivity contribution in [3.05, 3.63) is 67.0 Å². The Balaban J connectivity index is 1.14. The van der Waals surface area contributed by atoms with Gasteiger partial charge in [-0.2, -0.15) is 5.10 Å². The van der Waals surface area contributed by atoms with Gasteiger partial charge in [-0.15, -0.1) is 0 Å². The first-order valence-electron chi connectivity index (χ1n) is 11.6. The van der Waals surface area contributed by atoms with Gasteiger partial charge in [-0.25, -0.2) is 19.7 Å². The fourth-order valence-electron chi connectivity index (χ4n) is 4.11. The van der Waals surface area contributed by atoms with Crippen LogP contribution in [-0.2, 0) is 4.74 Å². The third-order valence-corrected chi connectivity index (χ3v) is 5.90. The number of fused-ring (bicyclic) bond motifs is 1. The minimum Gasteiger partial charge on any atom is -0.378 e. The van der Waals surface area contributed by atoms with Gasteiger partial charge in [0.25, 0.3) is 0 Å². The van der Waals surface area contributed by atoms with E-state index >= 15 is 0 Å². The summed E-state index contributed by atoms with van der Waals surface area (Å²) in [7, 11) is 0. The number of aromatic amines is 2. The van der Waals surface area contributed by atoms with Gasteiger partial charge in [0.1, 0.15) is 17.7 Å². The molecule has 11 heteroatoms. The van der Waals surface area contributed by atoms with Crippen molar-refractivity contribution >= 4 is 34.5 Å². The molecular formula is C25H23N9O2. The number of aromatic nitrogens is 6. The van der Waals surface area contributed by atoms with E-state index in [1.807, 2.05) is 54.6 Å². The van der Waals surface area contributed by atoms with E-state index in [0.717, 1.165) is 41.2 Å². The molecule has 1 aliphatic heterocycles. The summed E-state index contributed by atoms with van der Waals surface area (Å²) in [5.74, 6) is 1.94. The first-order valence-corrected chi connectivity index (χ1v) is 11.6. The average Bonchev–Trinajstić information content (AvgIpc) is 3.57. The number of hydrogen-bond acceptors (Lipinski definition) is 7. The van der Waals surface area contributed by atoms with Crippen LogP contribution in [0.4, 0.5) is 22.1 Å². The van der Waals surface area contributed by atoms with Crippen LogP contribution in [0, 0.1) is 0 Å². The molecule has 0 spiro atoms. The molecular weight excluding hydrogens is 458 g/mol. The van der Waals surface area contributed by atoms with Crippen molar-refractivity contribution in [1.82, 2.24) is 30.1 Å². The summed E-state index contributed by atoms with van der Waals surface area (Å²) in [6.45, 7) is 2.88. The van der Waals surface area contributed by atoms with Gasteiger partial charge in [-0.3, -0.25) is 10.4 Å². The van der Waals surface area contributed by atoms with Crippen LogP contribution in [-0.4, -0.2) is 62.5 Å². The van der Waals surface area contributed by atoms with E-state index in [9.17, 15) is 4.79 Å². The Morgan fingerprint density at radius 1 is 0.944 bits per heavy atom. The number of morpholine rings is 1. The van der Waals surface area contributed by atoms with Gasteiger partial charge in [0.05, 0.1) is 18.9 Å². The average molecular weight is 482 g/mol. The first kappa shape index (κ1) is 21.7. The number of carbonyl (C=O) groups is 1. The largest absolute Gasteiger partial charge is 0.378 e. The maximum Gasteiger partial charge on any atom is 0.324 e. The standard InChI is InChI=1S/C25H23N9O2/c35-25(29-20-14-19(32-33-20)16-4-2-1-3-5-16)28-18-8-6-17(7-9-18)22-30-21-23(31-22)26-15-27-24(21)34-10-12-36-13-11-34/h1-9,14-15H,10-13H2,(H,26,27,30,31)(H3,28,29,32,33,35). The summed E-state index contributed by atoms with van der Waals surface area (Å²) in [4.78, 5) is 31.4. The molecule has 5 aromatic rings. The van der Waals surface area contributed by atoms with Crippen LogP contribution in [0.5, 0.6) is 0 Å². The van der Waals surface area contributed by atoms with Crippen molar-refractivity contribution < 1.29 is 9.53 Å². The zero-order valence-corrected chi connectivity index (χ0v) is 19.2. The summed E-state index contributed by atoms with van der Waals surface area (Å²) < 4.78 is 5.45. The van der Waals surface area contributed by atoms with Crippen LogP contribution in [0.15, 0.2) is 67.0 Å². The van der Waals surface area contributed by atoms with Crippen LogP contribution in [0.1, 0.15) is 0 Å². The number of nitrogens with zero attached hydrogens (tertiary/aromatic N) is 5. The summed E-state index contributed by atoms with van der Waals surface area (Å²) in [5.41, 5.74) is 4.72. The molecule has 0 bridgehead atoms. The Bertz CT molecular complexity index is 1490. The highest BCUT2D eigenvalue weighted by Gasteiger charge is 2.18. The number of carbonyl (C=O) groups excluding carboxylic acids is 1. The molecule has 11 nitrogen and oxygen atoms in total. The third-order valence-electron chi connectivity index (χ3n) is 5.90. The van der Waals surface area contributed by atoms with E-state index in [1.165, 1.54) is 6.33 Å². The Morgan fingerprint density at radius 2 is 1.75 bits per heavy atom. The van der Waals surface area contributed by atoms with Crippen molar-refractivity contribution in [2.75, 3.05) is 41.8 Å². The molecule has 36 heavy (non-hydrogen) atoms. The molecule has 6 rings (SSSR count). The number of urea groups is 1. The molecule has 0 atom stereocenters. The fraction of sp³-hybridized carbons (Fsp3) is 0.160. The van der Waals surface area contributed by atoms with Crippen molar-refractivity contribution in [3.8, 4) is 22.6 Å². The Kier molecular flexibility index (Phi) is 5.72. The fourth-order valence-corrected chi connectivity index (χ4v) is 4.11. The molecule has 3 aromatic heterocycles. The van der Waals surface area contributed by atoms with Crippen molar-refractivity contribution in [2.24, 2.45) is 0 Å².